The van der Waals surface area contributed by atoms with Crippen LogP contribution in [-0.4, -0.2) is 45.5 Å². The second-order valence-corrected chi connectivity index (χ2v) is 6.48. The number of benzene rings is 1. The molecule has 1 saturated heterocycles. The molecule has 0 radical (unpaired) electrons. The van der Waals surface area contributed by atoms with Gasteiger partial charge in [0.05, 0.1) is 18.9 Å². The number of aryl methyl sites for hydroxylation is 1. The van der Waals surface area contributed by atoms with Gasteiger partial charge in [-0.05, 0) is 19.4 Å². The highest BCUT2D eigenvalue weighted by molar-refractivity contribution is 5.97. The first-order chi connectivity index (χ1) is 13.4. The van der Waals surface area contributed by atoms with Gasteiger partial charge >= 0.3 is 6.09 Å². The van der Waals surface area contributed by atoms with Crippen molar-refractivity contribution in [3.8, 4) is 0 Å². The maximum atomic E-state index is 12.6. The van der Waals surface area contributed by atoms with Gasteiger partial charge in [0, 0.05) is 11.3 Å². The summed E-state index contributed by atoms with van der Waals surface area (Å²) < 4.78 is 5.94. The molecule has 1 aliphatic rings. The molecule has 28 heavy (non-hydrogen) atoms. The molecule has 2 heterocycles. The molecule has 146 valence electrons. The minimum Gasteiger partial charge on any atom is -0.439 e. The summed E-state index contributed by atoms with van der Waals surface area (Å²) in [4.78, 5) is 53.5. The zero-order valence-corrected chi connectivity index (χ0v) is 15.5. The third-order valence-corrected chi connectivity index (χ3v) is 4.57. The molecule has 9 nitrogen and oxygen atoms in total. The van der Waals surface area contributed by atoms with Crippen molar-refractivity contribution in [1.29, 1.82) is 0 Å². The Morgan fingerprint density at radius 3 is 2.57 bits per heavy atom. The van der Waals surface area contributed by atoms with Gasteiger partial charge in [-0.1, -0.05) is 30.3 Å². The fourth-order valence-corrected chi connectivity index (χ4v) is 2.84. The summed E-state index contributed by atoms with van der Waals surface area (Å²) in [5.74, 6) is -0.907. The molecule has 3 amide bonds. The Bertz CT molecular complexity index is 954. The second-order valence-electron chi connectivity index (χ2n) is 6.48. The number of amides is 3. The summed E-state index contributed by atoms with van der Waals surface area (Å²) in [7, 11) is 0. The first-order valence-corrected chi connectivity index (χ1v) is 8.71. The number of carbonyl (C=O) groups is 3. The number of aromatic nitrogens is 2. The van der Waals surface area contributed by atoms with Crippen LogP contribution in [0.25, 0.3) is 0 Å². The zero-order chi connectivity index (χ0) is 20.3. The third-order valence-electron chi connectivity index (χ3n) is 4.57. The average Bonchev–Trinajstić information content (AvgIpc) is 3.00. The minimum atomic E-state index is -0.741. The number of nitrogens with zero attached hydrogens (tertiary/aromatic N) is 3. The Balaban J connectivity index is 1.78. The van der Waals surface area contributed by atoms with Crippen molar-refractivity contribution in [2.75, 3.05) is 13.2 Å². The molecule has 1 N–H and O–H groups in total. The molecule has 0 saturated carbocycles. The van der Waals surface area contributed by atoms with E-state index in [-0.39, 0.29) is 25.3 Å². The highest BCUT2D eigenvalue weighted by atomic mass is 16.6. The van der Waals surface area contributed by atoms with Gasteiger partial charge in [0.1, 0.15) is 6.54 Å². The molecule has 3 rings (SSSR count). The molecule has 0 bridgehead atoms. The maximum absolute atomic E-state index is 12.6. The number of rotatable bonds is 6. The largest absolute Gasteiger partial charge is 0.439 e. The van der Waals surface area contributed by atoms with E-state index in [9.17, 15) is 19.2 Å². The van der Waals surface area contributed by atoms with Crippen LogP contribution in [0.5, 0.6) is 0 Å². The van der Waals surface area contributed by atoms with Gasteiger partial charge < -0.3 is 10.1 Å². The molecule has 1 aliphatic heterocycles. The smallest absolute Gasteiger partial charge is 0.417 e. The van der Waals surface area contributed by atoms with E-state index in [1.165, 1.54) is 10.9 Å². The maximum Gasteiger partial charge on any atom is 0.417 e. The molecule has 0 aliphatic carbocycles. The van der Waals surface area contributed by atoms with Crippen LogP contribution in [0.4, 0.5) is 4.79 Å². The Labute approximate surface area is 160 Å². The third kappa shape index (κ3) is 4.08. The number of ether oxygens (including phenoxy) is 1. The van der Waals surface area contributed by atoms with Crippen molar-refractivity contribution in [3.05, 3.63) is 63.8 Å². The van der Waals surface area contributed by atoms with Gasteiger partial charge in [-0.25, -0.2) is 14.7 Å². The van der Waals surface area contributed by atoms with E-state index < -0.39 is 23.9 Å². The van der Waals surface area contributed by atoms with E-state index in [4.69, 9.17) is 4.74 Å². The molecule has 1 fully saturated rings. The van der Waals surface area contributed by atoms with Crippen molar-refractivity contribution in [2.45, 2.75) is 26.4 Å². The van der Waals surface area contributed by atoms with Gasteiger partial charge in [0.25, 0.3) is 11.5 Å². The summed E-state index contributed by atoms with van der Waals surface area (Å²) in [5, 5.41) is 2.78. The predicted molar refractivity (Wildman–Crippen MR) is 98.4 cm³/mol. The topological polar surface area (TPSA) is 111 Å². The monoisotopic (exact) mass is 384 g/mol. The van der Waals surface area contributed by atoms with Crippen LogP contribution in [-0.2, 0) is 20.9 Å². The lowest BCUT2D eigenvalue weighted by Gasteiger charge is -2.23. The standard InChI is InChI=1S/C19H20N4O5/c1-12-13(2)20-11-22(18(12)26)9-16(24)21-15(14-6-4-3-5-7-14)8-23-17(25)10-28-19(23)27/h3-7,11,15H,8-10H2,1-2H3,(H,21,24)/t15-/m1/s1. The van der Waals surface area contributed by atoms with Crippen LogP contribution >= 0.6 is 0 Å². The lowest BCUT2D eigenvalue weighted by molar-refractivity contribution is -0.127. The van der Waals surface area contributed by atoms with E-state index in [0.29, 0.717) is 16.8 Å². The first kappa shape index (κ1) is 19.3. The fraction of sp³-hybridized carbons (Fsp3) is 0.316. The van der Waals surface area contributed by atoms with Crippen LogP contribution < -0.4 is 10.9 Å². The normalized spacial score (nSPS) is 14.7. The van der Waals surface area contributed by atoms with Crippen molar-refractivity contribution in [1.82, 2.24) is 19.8 Å². The quantitative estimate of drug-likeness (QED) is 0.785. The van der Waals surface area contributed by atoms with Crippen LogP contribution in [0.3, 0.4) is 0 Å². The number of hydrogen-bond donors (Lipinski definition) is 1. The van der Waals surface area contributed by atoms with E-state index in [2.05, 4.69) is 10.3 Å². The van der Waals surface area contributed by atoms with Gasteiger partial charge in [-0.3, -0.25) is 19.0 Å². The molecule has 0 spiro atoms. The van der Waals surface area contributed by atoms with Crippen LogP contribution in [0, 0.1) is 13.8 Å². The van der Waals surface area contributed by atoms with Crippen molar-refractivity contribution >= 4 is 17.9 Å². The number of cyclic esters (lactones) is 1. The molecular formula is C19H20N4O5. The lowest BCUT2D eigenvalue weighted by Crippen LogP contribution is -2.42. The van der Waals surface area contributed by atoms with Crippen molar-refractivity contribution in [2.24, 2.45) is 0 Å². The van der Waals surface area contributed by atoms with E-state index >= 15 is 0 Å². The Morgan fingerprint density at radius 1 is 1.21 bits per heavy atom. The lowest BCUT2D eigenvalue weighted by atomic mass is 10.1. The molecule has 9 heteroatoms. The minimum absolute atomic E-state index is 0.0620. The highest BCUT2D eigenvalue weighted by Gasteiger charge is 2.33. The van der Waals surface area contributed by atoms with E-state index in [1.54, 1.807) is 38.1 Å². The number of nitrogens with one attached hydrogen (secondary N) is 1. The molecule has 1 atom stereocenters. The van der Waals surface area contributed by atoms with Crippen molar-refractivity contribution in [3.63, 3.8) is 0 Å². The number of hydrogen-bond acceptors (Lipinski definition) is 6. The molecule has 1 aromatic carbocycles. The Hall–Kier alpha value is -3.49. The summed E-state index contributed by atoms with van der Waals surface area (Å²) in [6.07, 6.45) is 0.582. The summed E-state index contributed by atoms with van der Waals surface area (Å²) >= 11 is 0. The average molecular weight is 384 g/mol. The van der Waals surface area contributed by atoms with Gasteiger partial charge in [-0.2, -0.15) is 0 Å². The highest BCUT2D eigenvalue weighted by Crippen LogP contribution is 2.17. The van der Waals surface area contributed by atoms with Crippen molar-refractivity contribution < 1.29 is 19.1 Å². The molecule has 0 unspecified atom stereocenters. The Morgan fingerprint density at radius 2 is 1.93 bits per heavy atom. The van der Waals surface area contributed by atoms with Gasteiger partial charge in [-0.15, -0.1) is 0 Å². The molecule has 2 aromatic rings. The van der Waals surface area contributed by atoms with Crippen LogP contribution in [0.15, 0.2) is 41.5 Å². The second kappa shape index (κ2) is 8.03. The van der Waals surface area contributed by atoms with Crippen LogP contribution in [0.1, 0.15) is 22.9 Å². The fourth-order valence-electron chi connectivity index (χ4n) is 2.84. The van der Waals surface area contributed by atoms with Crippen LogP contribution in [0.2, 0.25) is 0 Å². The van der Waals surface area contributed by atoms with E-state index in [1.807, 2.05) is 6.07 Å². The zero-order valence-electron chi connectivity index (χ0n) is 15.5. The van der Waals surface area contributed by atoms with Gasteiger partial charge in [0.2, 0.25) is 5.91 Å². The molecule has 1 aromatic heterocycles. The summed E-state index contributed by atoms with van der Waals surface area (Å²) in [6, 6.07) is 8.31. The Kier molecular flexibility index (Phi) is 5.53. The number of carbonyl (C=O) groups excluding carboxylic acids is 3. The first-order valence-electron chi connectivity index (χ1n) is 8.71. The summed E-state index contributed by atoms with van der Waals surface area (Å²) in [5.41, 5.74) is 1.50. The molecular weight excluding hydrogens is 364 g/mol. The SMILES string of the molecule is Cc1ncn(CC(=O)N[C@H](CN2C(=O)COC2=O)c2ccccc2)c(=O)c1C. The predicted octanol–water partition coefficient (Wildman–Crippen LogP) is 0.696. The number of imide groups is 1. The van der Waals surface area contributed by atoms with Gasteiger partial charge in [0.15, 0.2) is 6.61 Å². The summed E-state index contributed by atoms with van der Waals surface area (Å²) in [6.45, 7) is 2.77. The van der Waals surface area contributed by atoms with E-state index in [0.717, 1.165) is 4.90 Å².